The fourth-order valence-corrected chi connectivity index (χ4v) is 6.50. The van der Waals surface area contributed by atoms with Gasteiger partial charge < -0.3 is 5.32 Å². The van der Waals surface area contributed by atoms with Gasteiger partial charge in [0.25, 0.3) is 5.56 Å². The lowest BCUT2D eigenvalue weighted by Crippen LogP contribution is -2.26. The molecule has 0 radical (unpaired) electrons. The number of fused-ring (bicyclic) bond motifs is 3. The Morgan fingerprint density at radius 3 is 2.68 bits per heavy atom. The Labute approximate surface area is 207 Å². The van der Waals surface area contributed by atoms with E-state index in [1.807, 2.05) is 55.5 Å². The number of thiophene rings is 1. The quantitative estimate of drug-likeness (QED) is 0.293. The van der Waals surface area contributed by atoms with Gasteiger partial charge in [-0.2, -0.15) is 0 Å². The standard InChI is InChI=1S/C27H27N3O2S2/c1-17-12-13-20(14-18(17)2)30-26(32)24-21-10-6-7-11-22(21)34-25(24)29-27(30)33-16-23(31)28-15-19-8-4-3-5-9-19/h3-5,8-9,12-14H,6-7,10-11,15-16H2,1-2H3,(H,28,31). The number of benzene rings is 2. The molecule has 0 unspecified atom stereocenters. The molecule has 1 N–H and O–H groups in total. The minimum absolute atomic E-state index is 0.0279. The first-order chi connectivity index (χ1) is 16.5. The molecule has 2 aromatic carbocycles. The summed E-state index contributed by atoms with van der Waals surface area (Å²) in [5.41, 5.74) is 5.29. The largest absolute Gasteiger partial charge is 0.351 e. The number of rotatable bonds is 6. The molecule has 2 heterocycles. The molecule has 174 valence electrons. The highest BCUT2D eigenvalue weighted by Gasteiger charge is 2.23. The third-order valence-corrected chi connectivity index (χ3v) is 8.50. The van der Waals surface area contributed by atoms with Crippen LogP contribution >= 0.6 is 23.1 Å². The Bertz CT molecular complexity index is 1420. The van der Waals surface area contributed by atoms with E-state index in [1.54, 1.807) is 15.9 Å². The van der Waals surface area contributed by atoms with E-state index in [1.165, 1.54) is 27.8 Å². The van der Waals surface area contributed by atoms with Crippen LogP contribution in [0.1, 0.15) is 40.0 Å². The average molecular weight is 490 g/mol. The summed E-state index contributed by atoms with van der Waals surface area (Å²) in [4.78, 5) is 33.5. The molecule has 4 aromatic rings. The van der Waals surface area contributed by atoms with E-state index in [2.05, 4.69) is 12.2 Å². The Morgan fingerprint density at radius 2 is 1.88 bits per heavy atom. The van der Waals surface area contributed by atoms with Crippen molar-refractivity contribution in [3.8, 4) is 5.69 Å². The number of aryl methyl sites for hydroxylation is 4. The molecule has 5 nitrogen and oxygen atoms in total. The predicted molar refractivity (Wildman–Crippen MR) is 140 cm³/mol. The van der Waals surface area contributed by atoms with Crippen LogP contribution in [-0.4, -0.2) is 21.2 Å². The van der Waals surface area contributed by atoms with E-state index in [0.29, 0.717) is 11.7 Å². The Hall–Kier alpha value is -2.90. The van der Waals surface area contributed by atoms with Crippen LogP contribution in [0.3, 0.4) is 0 Å². The second-order valence-electron chi connectivity index (χ2n) is 8.75. The maximum absolute atomic E-state index is 13.9. The van der Waals surface area contributed by atoms with E-state index in [4.69, 9.17) is 4.98 Å². The van der Waals surface area contributed by atoms with Gasteiger partial charge in [0, 0.05) is 11.4 Å². The summed E-state index contributed by atoms with van der Waals surface area (Å²) in [6.07, 6.45) is 4.23. The van der Waals surface area contributed by atoms with Crippen LogP contribution in [0, 0.1) is 13.8 Å². The van der Waals surface area contributed by atoms with Crippen LogP contribution in [0.15, 0.2) is 58.5 Å². The van der Waals surface area contributed by atoms with Crippen molar-refractivity contribution in [2.24, 2.45) is 0 Å². The normalized spacial score (nSPS) is 13.1. The van der Waals surface area contributed by atoms with Gasteiger partial charge in [0.15, 0.2) is 5.16 Å². The number of nitrogens with zero attached hydrogens (tertiary/aromatic N) is 2. The molecule has 0 aliphatic heterocycles. The van der Waals surface area contributed by atoms with E-state index >= 15 is 0 Å². The number of hydrogen-bond donors (Lipinski definition) is 1. The minimum atomic E-state index is -0.0830. The molecule has 0 fully saturated rings. The second-order valence-corrected chi connectivity index (χ2v) is 10.8. The van der Waals surface area contributed by atoms with Crippen LogP contribution in [0.2, 0.25) is 0 Å². The summed E-state index contributed by atoms with van der Waals surface area (Å²) in [6.45, 7) is 4.59. The summed E-state index contributed by atoms with van der Waals surface area (Å²) >= 11 is 2.96. The van der Waals surface area contributed by atoms with E-state index in [9.17, 15) is 9.59 Å². The topological polar surface area (TPSA) is 64.0 Å². The van der Waals surface area contributed by atoms with Gasteiger partial charge in [0.2, 0.25) is 5.91 Å². The zero-order chi connectivity index (χ0) is 23.7. The SMILES string of the molecule is Cc1ccc(-n2c(SCC(=O)NCc3ccccc3)nc3sc4c(c3c2=O)CCCC4)cc1C. The lowest BCUT2D eigenvalue weighted by atomic mass is 9.97. The second kappa shape index (κ2) is 9.76. The summed E-state index contributed by atoms with van der Waals surface area (Å²) in [6, 6.07) is 15.9. The number of aromatic nitrogens is 2. The van der Waals surface area contributed by atoms with Crippen molar-refractivity contribution >= 4 is 39.2 Å². The van der Waals surface area contributed by atoms with Crippen LogP contribution in [0.5, 0.6) is 0 Å². The molecule has 2 aromatic heterocycles. The molecule has 34 heavy (non-hydrogen) atoms. The summed E-state index contributed by atoms with van der Waals surface area (Å²) in [5.74, 6) is 0.112. The van der Waals surface area contributed by atoms with Gasteiger partial charge >= 0.3 is 0 Å². The van der Waals surface area contributed by atoms with Crippen LogP contribution in [0.25, 0.3) is 15.9 Å². The van der Waals surface area contributed by atoms with E-state index < -0.39 is 0 Å². The van der Waals surface area contributed by atoms with Crippen LogP contribution in [-0.2, 0) is 24.2 Å². The van der Waals surface area contributed by atoms with E-state index in [0.717, 1.165) is 52.7 Å². The third-order valence-electron chi connectivity index (χ3n) is 6.37. The van der Waals surface area contributed by atoms with Crippen molar-refractivity contribution in [3.05, 3.63) is 86.0 Å². The van der Waals surface area contributed by atoms with Crippen molar-refractivity contribution in [2.45, 2.75) is 51.2 Å². The molecule has 0 spiro atoms. The molecule has 1 aliphatic carbocycles. The molecule has 1 aliphatic rings. The van der Waals surface area contributed by atoms with Gasteiger partial charge in [-0.3, -0.25) is 14.2 Å². The van der Waals surface area contributed by atoms with Crippen LogP contribution in [0.4, 0.5) is 0 Å². The molecule has 0 saturated carbocycles. The molecular formula is C27H27N3O2S2. The fraction of sp³-hybridized carbons (Fsp3) is 0.296. The molecular weight excluding hydrogens is 462 g/mol. The summed E-state index contributed by atoms with van der Waals surface area (Å²) < 4.78 is 1.70. The summed E-state index contributed by atoms with van der Waals surface area (Å²) in [7, 11) is 0. The molecule has 0 atom stereocenters. The smallest absolute Gasteiger partial charge is 0.267 e. The first kappa shape index (κ1) is 22.9. The molecule has 7 heteroatoms. The number of carbonyl (C=O) groups excluding carboxylic acids is 1. The Balaban J connectivity index is 1.50. The number of amides is 1. The van der Waals surface area contributed by atoms with Gasteiger partial charge in [-0.15, -0.1) is 11.3 Å². The zero-order valence-corrected chi connectivity index (χ0v) is 21.0. The van der Waals surface area contributed by atoms with Gasteiger partial charge in [-0.05, 0) is 73.9 Å². The monoisotopic (exact) mass is 489 g/mol. The molecule has 0 bridgehead atoms. The predicted octanol–water partition coefficient (Wildman–Crippen LogP) is 5.35. The lowest BCUT2D eigenvalue weighted by Gasteiger charge is -2.14. The van der Waals surface area contributed by atoms with Gasteiger partial charge in [0.1, 0.15) is 4.83 Å². The maximum atomic E-state index is 13.9. The van der Waals surface area contributed by atoms with Crippen molar-refractivity contribution in [1.82, 2.24) is 14.9 Å². The Morgan fingerprint density at radius 1 is 1.09 bits per heavy atom. The van der Waals surface area contributed by atoms with Crippen molar-refractivity contribution in [2.75, 3.05) is 5.75 Å². The number of carbonyl (C=O) groups is 1. The Kier molecular flexibility index (Phi) is 6.57. The number of nitrogens with one attached hydrogen (secondary N) is 1. The highest BCUT2D eigenvalue weighted by molar-refractivity contribution is 7.99. The van der Waals surface area contributed by atoms with Crippen molar-refractivity contribution in [1.29, 1.82) is 0 Å². The number of thioether (sulfide) groups is 1. The van der Waals surface area contributed by atoms with E-state index in [-0.39, 0.29) is 17.2 Å². The van der Waals surface area contributed by atoms with Crippen molar-refractivity contribution < 1.29 is 4.79 Å². The maximum Gasteiger partial charge on any atom is 0.267 e. The highest BCUT2D eigenvalue weighted by Crippen LogP contribution is 2.35. The first-order valence-electron chi connectivity index (χ1n) is 11.6. The van der Waals surface area contributed by atoms with Gasteiger partial charge in [-0.25, -0.2) is 4.98 Å². The third kappa shape index (κ3) is 4.55. The van der Waals surface area contributed by atoms with Gasteiger partial charge in [-0.1, -0.05) is 48.2 Å². The van der Waals surface area contributed by atoms with Crippen LogP contribution < -0.4 is 10.9 Å². The zero-order valence-electron chi connectivity index (χ0n) is 19.4. The molecule has 1 amide bonds. The van der Waals surface area contributed by atoms with Gasteiger partial charge in [0.05, 0.1) is 16.8 Å². The highest BCUT2D eigenvalue weighted by atomic mass is 32.2. The average Bonchev–Trinajstić information content (AvgIpc) is 3.22. The first-order valence-corrected chi connectivity index (χ1v) is 13.4. The fourth-order valence-electron chi connectivity index (χ4n) is 4.35. The minimum Gasteiger partial charge on any atom is -0.351 e. The number of hydrogen-bond acceptors (Lipinski definition) is 5. The van der Waals surface area contributed by atoms with Crippen molar-refractivity contribution in [3.63, 3.8) is 0 Å². The molecule has 5 rings (SSSR count). The summed E-state index contributed by atoms with van der Waals surface area (Å²) in [5, 5.41) is 4.29. The molecule has 0 saturated heterocycles. The lowest BCUT2D eigenvalue weighted by molar-refractivity contribution is -0.118.